The van der Waals surface area contributed by atoms with E-state index in [-0.39, 0.29) is 18.6 Å². The number of hydrogen-bond acceptors (Lipinski definition) is 1. The molecule has 1 nitrogen and oxygen atoms in total. The average molecular weight is 180 g/mol. The molecule has 0 atom stereocenters. The average Bonchev–Trinajstić information content (AvgIpc) is 1.90. The van der Waals surface area contributed by atoms with Gasteiger partial charge in [0.2, 0.25) is 0 Å². The molecule has 1 rings (SSSR count). The fraction of sp³-hybridized carbons (Fsp3) is 0.143. The Morgan fingerprint density at radius 1 is 1.10 bits per heavy atom. The van der Waals surface area contributed by atoms with Crippen LogP contribution in [-0.4, -0.2) is 0 Å². The Bertz CT molecular complexity index is 153. The molecule has 0 saturated carbocycles. The molecule has 1 aromatic carbocycles. The van der Waals surface area contributed by atoms with Gasteiger partial charge in [-0.15, -0.1) is 24.0 Å². The maximum atomic E-state index is 5.53. The Balaban J connectivity index is 0. The standard InChI is InChI=1S/C7H7Cl.ClH.H3N/c8-6-7-4-2-1-3-5-7;;/h1-5H,6H2;1H;1H3. The van der Waals surface area contributed by atoms with E-state index in [4.69, 9.17) is 11.6 Å². The van der Waals surface area contributed by atoms with Crippen molar-refractivity contribution in [2.45, 2.75) is 5.88 Å². The summed E-state index contributed by atoms with van der Waals surface area (Å²) < 4.78 is 0. The monoisotopic (exact) mass is 179 g/mol. The molecular formula is C7H11Cl2N. The zero-order valence-electron chi connectivity index (χ0n) is 5.59. The van der Waals surface area contributed by atoms with Crippen molar-refractivity contribution >= 4 is 24.0 Å². The summed E-state index contributed by atoms with van der Waals surface area (Å²) in [6, 6.07) is 9.96. The van der Waals surface area contributed by atoms with E-state index in [0.29, 0.717) is 5.88 Å². The lowest BCUT2D eigenvalue weighted by atomic mass is 10.2. The zero-order valence-corrected chi connectivity index (χ0v) is 7.16. The van der Waals surface area contributed by atoms with Crippen molar-refractivity contribution in [3.05, 3.63) is 35.9 Å². The van der Waals surface area contributed by atoms with Crippen molar-refractivity contribution in [1.82, 2.24) is 6.15 Å². The molecule has 0 aliphatic rings. The Morgan fingerprint density at radius 2 is 1.60 bits per heavy atom. The first-order valence-corrected chi connectivity index (χ1v) is 3.07. The van der Waals surface area contributed by atoms with Gasteiger partial charge in [-0.3, -0.25) is 0 Å². The minimum absolute atomic E-state index is 0. The maximum Gasteiger partial charge on any atom is 0.0474 e. The van der Waals surface area contributed by atoms with Gasteiger partial charge in [-0.05, 0) is 5.56 Å². The molecule has 0 bridgehead atoms. The first-order valence-electron chi connectivity index (χ1n) is 2.53. The lowest BCUT2D eigenvalue weighted by Crippen LogP contribution is -1.71. The van der Waals surface area contributed by atoms with Crippen LogP contribution in [0.15, 0.2) is 30.3 Å². The van der Waals surface area contributed by atoms with E-state index in [1.807, 2.05) is 30.3 Å². The van der Waals surface area contributed by atoms with Gasteiger partial charge in [0.1, 0.15) is 0 Å². The summed E-state index contributed by atoms with van der Waals surface area (Å²) in [6.45, 7) is 0. The normalized spacial score (nSPS) is 7.30. The lowest BCUT2D eigenvalue weighted by Gasteiger charge is -1.88. The molecule has 0 saturated heterocycles. The summed E-state index contributed by atoms with van der Waals surface area (Å²) in [6.07, 6.45) is 0. The molecule has 3 N–H and O–H groups in total. The van der Waals surface area contributed by atoms with Gasteiger partial charge >= 0.3 is 0 Å². The molecule has 10 heavy (non-hydrogen) atoms. The SMILES string of the molecule is Cl.ClCc1ccccc1.N. The van der Waals surface area contributed by atoms with Gasteiger partial charge in [0.05, 0.1) is 0 Å². The van der Waals surface area contributed by atoms with Crippen LogP contribution < -0.4 is 6.15 Å². The molecule has 3 heteroatoms. The third-order valence-electron chi connectivity index (χ3n) is 0.997. The molecule has 0 spiro atoms. The minimum atomic E-state index is 0. The van der Waals surface area contributed by atoms with Crippen molar-refractivity contribution in [1.29, 1.82) is 0 Å². The van der Waals surface area contributed by atoms with Crippen LogP contribution in [0.5, 0.6) is 0 Å². The van der Waals surface area contributed by atoms with Gasteiger partial charge in [-0.2, -0.15) is 0 Å². The van der Waals surface area contributed by atoms with Crippen molar-refractivity contribution in [3.63, 3.8) is 0 Å². The van der Waals surface area contributed by atoms with E-state index in [2.05, 4.69) is 0 Å². The fourth-order valence-corrected chi connectivity index (χ4v) is 0.745. The van der Waals surface area contributed by atoms with Crippen LogP contribution in [0.4, 0.5) is 0 Å². The van der Waals surface area contributed by atoms with Crippen molar-refractivity contribution in [2.24, 2.45) is 0 Å². The molecule has 0 radical (unpaired) electrons. The van der Waals surface area contributed by atoms with Gasteiger partial charge in [0, 0.05) is 5.88 Å². The first kappa shape index (κ1) is 12.4. The predicted octanol–water partition coefficient (Wildman–Crippen LogP) is 3.01. The van der Waals surface area contributed by atoms with Crippen LogP contribution in [0.2, 0.25) is 0 Å². The molecule has 0 fully saturated rings. The second kappa shape index (κ2) is 6.87. The maximum absolute atomic E-state index is 5.53. The third-order valence-corrected chi connectivity index (χ3v) is 1.31. The van der Waals surface area contributed by atoms with E-state index in [1.165, 1.54) is 5.56 Å². The first-order chi connectivity index (χ1) is 3.93. The van der Waals surface area contributed by atoms with Crippen molar-refractivity contribution in [2.75, 3.05) is 0 Å². The number of rotatable bonds is 1. The van der Waals surface area contributed by atoms with E-state index in [0.717, 1.165) is 0 Å². The Hall–Kier alpha value is -0.240. The fourth-order valence-electron chi connectivity index (χ4n) is 0.567. The van der Waals surface area contributed by atoms with Crippen LogP contribution in [0, 0.1) is 0 Å². The highest BCUT2D eigenvalue weighted by Gasteiger charge is 1.81. The summed E-state index contributed by atoms with van der Waals surface area (Å²) in [5.74, 6) is 0.612. The van der Waals surface area contributed by atoms with E-state index >= 15 is 0 Å². The smallest absolute Gasteiger partial charge is 0.0474 e. The highest BCUT2D eigenvalue weighted by atomic mass is 35.5. The number of benzene rings is 1. The highest BCUT2D eigenvalue weighted by molar-refractivity contribution is 6.17. The van der Waals surface area contributed by atoms with Crippen LogP contribution in [-0.2, 0) is 5.88 Å². The number of hydrogen-bond donors (Lipinski definition) is 1. The largest absolute Gasteiger partial charge is 0.344 e. The van der Waals surface area contributed by atoms with Crippen LogP contribution in [0.3, 0.4) is 0 Å². The topological polar surface area (TPSA) is 35.0 Å². The zero-order chi connectivity index (χ0) is 5.82. The third kappa shape index (κ3) is 3.72. The Labute approximate surface area is 72.4 Å². The summed E-state index contributed by atoms with van der Waals surface area (Å²) in [4.78, 5) is 0. The van der Waals surface area contributed by atoms with Gasteiger partial charge in [0.25, 0.3) is 0 Å². The molecule has 0 aliphatic heterocycles. The molecular weight excluding hydrogens is 169 g/mol. The molecule has 0 amide bonds. The second-order valence-electron chi connectivity index (χ2n) is 1.62. The molecule has 0 aromatic heterocycles. The van der Waals surface area contributed by atoms with Crippen molar-refractivity contribution < 1.29 is 0 Å². The van der Waals surface area contributed by atoms with Crippen LogP contribution in [0.1, 0.15) is 5.56 Å². The number of alkyl halides is 1. The minimum Gasteiger partial charge on any atom is -0.344 e. The molecule has 1 aromatic rings. The van der Waals surface area contributed by atoms with E-state index in [1.54, 1.807) is 0 Å². The van der Waals surface area contributed by atoms with Crippen molar-refractivity contribution in [3.8, 4) is 0 Å². The van der Waals surface area contributed by atoms with Gasteiger partial charge in [-0.25, -0.2) is 0 Å². The summed E-state index contributed by atoms with van der Waals surface area (Å²) >= 11 is 5.53. The Kier molecular flexibility index (Phi) is 8.55. The van der Waals surface area contributed by atoms with Crippen LogP contribution in [0.25, 0.3) is 0 Å². The quantitative estimate of drug-likeness (QED) is 0.662. The van der Waals surface area contributed by atoms with Gasteiger partial charge in [0.15, 0.2) is 0 Å². The van der Waals surface area contributed by atoms with Crippen LogP contribution >= 0.6 is 24.0 Å². The Morgan fingerprint density at radius 3 is 1.90 bits per heavy atom. The summed E-state index contributed by atoms with van der Waals surface area (Å²) in [5.41, 5.74) is 1.18. The summed E-state index contributed by atoms with van der Waals surface area (Å²) in [7, 11) is 0. The molecule has 58 valence electrons. The summed E-state index contributed by atoms with van der Waals surface area (Å²) in [5, 5.41) is 0. The predicted molar refractivity (Wildman–Crippen MR) is 48.3 cm³/mol. The van der Waals surface area contributed by atoms with Gasteiger partial charge in [-0.1, -0.05) is 30.3 Å². The molecule has 0 heterocycles. The lowest BCUT2D eigenvalue weighted by molar-refractivity contribution is 1.41. The van der Waals surface area contributed by atoms with E-state index < -0.39 is 0 Å². The molecule has 0 unspecified atom stereocenters. The highest BCUT2D eigenvalue weighted by Crippen LogP contribution is 2.00. The molecule has 0 aliphatic carbocycles. The van der Waals surface area contributed by atoms with Gasteiger partial charge < -0.3 is 6.15 Å². The second-order valence-corrected chi connectivity index (χ2v) is 1.89. The van der Waals surface area contributed by atoms with E-state index in [9.17, 15) is 0 Å². The number of halogens is 2.